The third-order valence-corrected chi connectivity index (χ3v) is 8.79. The van der Waals surface area contributed by atoms with Crippen LogP contribution in [0.4, 0.5) is 0 Å². The fourth-order valence-electron chi connectivity index (χ4n) is 6.85. The van der Waals surface area contributed by atoms with Crippen molar-refractivity contribution in [3.63, 3.8) is 0 Å². The van der Waals surface area contributed by atoms with Gasteiger partial charge in [0.15, 0.2) is 0 Å². The molecule has 2 aliphatic rings. The Balaban J connectivity index is 1.38. The first kappa shape index (κ1) is 26.5. The molecule has 0 unspecified atom stereocenters. The number of carbonyl (C=O) groups is 4. The van der Waals surface area contributed by atoms with Crippen molar-refractivity contribution in [2.75, 3.05) is 46.4 Å². The average molecular weight is 563 g/mol. The zero-order chi connectivity index (χ0) is 29.3. The molecule has 212 valence electrons. The fraction of sp³-hybridized carbons (Fsp3) is 0.273. The van der Waals surface area contributed by atoms with Gasteiger partial charge in [-0.2, -0.15) is 0 Å². The van der Waals surface area contributed by atoms with Crippen LogP contribution in [0.25, 0.3) is 43.1 Å². The molecule has 3 N–H and O–H groups in total. The summed E-state index contributed by atoms with van der Waals surface area (Å²) >= 11 is 0. The fourth-order valence-corrected chi connectivity index (χ4v) is 6.85. The van der Waals surface area contributed by atoms with Crippen molar-refractivity contribution in [2.24, 2.45) is 5.73 Å². The van der Waals surface area contributed by atoms with E-state index >= 15 is 0 Å². The minimum Gasteiger partial charge on any atom is -0.395 e. The topological polar surface area (TPSA) is 124 Å². The molecule has 5 aromatic carbocycles. The Hall–Kier alpha value is -4.44. The van der Waals surface area contributed by atoms with Gasteiger partial charge in [0.2, 0.25) is 0 Å². The average Bonchev–Trinajstić information content (AvgIpc) is 3.00. The van der Waals surface area contributed by atoms with Crippen molar-refractivity contribution in [2.45, 2.75) is 12.8 Å². The summed E-state index contributed by atoms with van der Waals surface area (Å²) in [5.41, 5.74) is 7.45. The molecule has 0 spiro atoms. The van der Waals surface area contributed by atoms with Crippen LogP contribution in [-0.2, 0) is 0 Å². The van der Waals surface area contributed by atoms with Crippen LogP contribution in [0.3, 0.4) is 0 Å². The second kappa shape index (κ2) is 9.84. The van der Waals surface area contributed by atoms with Gasteiger partial charge in [-0.15, -0.1) is 0 Å². The molecule has 0 atom stereocenters. The molecule has 2 heterocycles. The van der Waals surface area contributed by atoms with E-state index in [2.05, 4.69) is 4.90 Å². The van der Waals surface area contributed by atoms with Crippen LogP contribution in [-0.4, -0.2) is 89.8 Å². The van der Waals surface area contributed by atoms with Gasteiger partial charge in [-0.25, -0.2) is 0 Å². The van der Waals surface area contributed by atoms with Gasteiger partial charge in [0.1, 0.15) is 0 Å². The van der Waals surface area contributed by atoms with Gasteiger partial charge in [-0.05, 0) is 96.1 Å². The van der Waals surface area contributed by atoms with E-state index in [-0.39, 0.29) is 25.0 Å². The molecule has 42 heavy (non-hydrogen) atoms. The summed E-state index contributed by atoms with van der Waals surface area (Å²) in [5, 5.41) is 15.7. The van der Waals surface area contributed by atoms with Crippen molar-refractivity contribution in [1.82, 2.24) is 14.7 Å². The van der Waals surface area contributed by atoms with Crippen LogP contribution in [0.15, 0.2) is 48.5 Å². The molecule has 9 nitrogen and oxygen atoms in total. The number of nitrogens with two attached hydrogens (primary N) is 1. The second-order valence-electron chi connectivity index (χ2n) is 11.2. The molecule has 7 rings (SSSR count). The number of β-amino-alcohol motifs (C(OH)–C–C–N with tert-alkyl or cyclic N) is 1. The molecule has 9 heteroatoms. The normalized spacial score (nSPS) is 15.1. The van der Waals surface area contributed by atoms with Crippen LogP contribution >= 0.6 is 0 Å². The van der Waals surface area contributed by atoms with Gasteiger partial charge in [-0.1, -0.05) is 24.3 Å². The van der Waals surface area contributed by atoms with Gasteiger partial charge in [-0.3, -0.25) is 29.0 Å². The predicted octanol–water partition coefficient (Wildman–Crippen LogP) is 3.59. The number of imide groups is 2. The Kier molecular flexibility index (Phi) is 6.20. The van der Waals surface area contributed by atoms with Gasteiger partial charge >= 0.3 is 0 Å². The monoisotopic (exact) mass is 562 g/mol. The first-order valence-electron chi connectivity index (χ1n) is 14.3. The molecular weight excluding hydrogens is 532 g/mol. The van der Waals surface area contributed by atoms with Crippen LogP contribution in [0, 0.1) is 0 Å². The standard InChI is InChI=1S/C33H30N4O5/c1-35(13-2-12-34)14-3-15-36-30(39)22-8-4-18-20-6-10-24-29-25(33(42)37(16-17-38)32(24)41)11-7-21(27(20)29)19-5-9-23(31(36)40)28(22)26(18)19/h4-11,38H,2-3,12-17,34H2,1H3. The van der Waals surface area contributed by atoms with Gasteiger partial charge in [0, 0.05) is 39.6 Å². The highest BCUT2D eigenvalue weighted by Gasteiger charge is 2.36. The van der Waals surface area contributed by atoms with Gasteiger partial charge in [0.05, 0.1) is 13.2 Å². The summed E-state index contributed by atoms with van der Waals surface area (Å²) in [6, 6.07) is 14.6. The SMILES string of the molecule is CN(CCCN)CCCN1C(=O)c2ccc3c4ccc5c6c(ccc(c7ccc(c2c37)C1=O)c64)C(=O)N(CCO)C5=O. The van der Waals surface area contributed by atoms with Crippen molar-refractivity contribution < 1.29 is 24.3 Å². The Morgan fingerprint density at radius 1 is 0.595 bits per heavy atom. The number of fused-ring (bicyclic) bond motifs is 2. The first-order chi connectivity index (χ1) is 20.4. The lowest BCUT2D eigenvalue weighted by Crippen LogP contribution is -2.42. The highest BCUT2D eigenvalue weighted by Crippen LogP contribution is 2.46. The molecule has 0 saturated heterocycles. The Bertz CT molecular complexity index is 1860. The number of carbonyl (C=O) groups excluding carboxylic acids is 4. The van der Waals surface area contributed by atoms with Crippen molar-refractivity contribution in [1.29, 1.82) is 0 Å². The van der Waals surface area contributed by atoms with Crippen LogP contribution in [0.1, 0.15) is 54.3 Å². The number of hydrogen-bond donors (Lipinski definition) is 2. The summed E-state index contributed by atoms with van der Waals surface area (Å²) in [5.74, 6) is -1.44. The number of amides is 4. The van der Waals surface area contributed by atoms with Crippen LogP contribution in [0.2, 0.25) is 0 Å². The Labute approximate surface area is 241 Å². The minimum absolute atomic E-state index is 0.0696. The quantitative estimate of drug-likeness (QED) is 0.160. The number of aliphatic hydroxyl groups excluding tert-OH is 1. The van der Waals surface area contributed by atoms with Crippen molar-refractivity contribution in [3.8, 4) is 0 Å². The molecule has 0 aromatic heterocycles. The van der Waals surface area contributed by atoms with Gasteiger partial charge in [0.25, 0.3) is 23.6 Å². The molecular formula is C33H30N4O5. The molecule has 0 bridgehead atoms. The number of rotatable bonds is 9. The zero-order valence-corrected chi connectivity index (χ0v) is 23.3. The maximum absolute atomic E-state index is 13.7. The number of benzene rings is 5. The molecule has 5 aromatic rings. The van der Waals surface area contributed by atoms with Crippen LogP contribution < -0.4 is 5.73 Å². The smallest absolute Gasteiger partial charge is 0.261 e. The molecule has 2 aliphatic heterocycles. The third-order valence-electron chi connectivity index (χ3n) is 8.79. The Morgan fingerprint density at radius 2 is 0.976 bits per heavy atom. The molecule has 0 radical (unpaired) electrons. The lowest BCUT2D eigenvalue weighted by atomic mass is 9.82. The van der Waals surface area contributed by atoms with E-state index in [0.29, 0.717) is 52.5 Å². The minimum atomic E-state index is -0.428. The molecule has 0 fully saturated rings. The lowest BCUT2D eigenvalue weighted by Gasteiger charge is -2.30. The van der Waals surface area contributed by atoms with E-state index in [1.165, 1.54) is 4.90 Å². The maximum atomic E-state index is 13.7. The number of hydrogen-bond acceptors (Lipinski definition) is 7. The van der Waals surface area contributed by atoms with Crippen molar-refractivity contribution >= 4 is 66.7 Å². The largest absolute Gasteiger partial charge is 0.395 e. The highest BCUT2D eigenvalue weighted by molar-refractivity contribution is 6.41. The maximum Gasteiger partial charge on any atom is 0.261 e. The van der Waals surface area contributed by atoms with E-state index in [0.717, 1.165) is 56.7 Å². The second-order valence-corrected chi connectivity index (χ2v) is 11.2. The summed E-state index contributed by atoms with van der Waals surface area (Å²) in [7, 11) is 2.01. The van der Waals surface area contributed by atoms with E-state index < -0.39 is 11.8 Å². The zero-order valence-electron chi connectivity index (χ0n) is 23.3. The summed E-state index contributed by atoms with van der Waals surface area (Å²) < 4.78 is 0. The molecule has 0 aliphatic carbocycles. The molecule has 0 saturated carbocycles. The first-order valence-corrected chi connectivity index (χ1v) is 14.3. The van der Waals surface area contributed by atoms with E-state index in [1.54, 1.807) is 24.3 Å². The summed E-state index contributed by atoms with van der Waals surface area (Å²) in [6.45, 7) is 2.20. The number of aliphatic hydroxyl groups is 1. The van der Waals surface area contributed by atoms with Crippen molar-refractivity contribution in [3.05, 3.63) is 70.8 Å². The van der Waals surface area contributed by atoms with E-state index in [4.69, 9.17) is 5.73 Å². The van der Waals surface area contributed by atoms with Gasteiger partial charge < -0.3 is 15.7 Å². The molecule has 4 amide bonds. The van der Waals surface area contributed by atoms with E-state index in [1.807, 2.05) is 31.3 Å². The lowest BCUT2D eigenvalue weighted by molar-refractivity contribution is 0.0573. The summed E-state index contributed by atoms with van der Waals surface area (Å²) in [6.07, 6.45) is 1.56. The predicted molar refractivity (Wildman–Crippen MR) is 161 cm³/mol. The number of nitrogens with zero attached hydrogens (tertiary/aromatic N) is 3. The van der Waals surface area contributed by atoms with E-state index in [9.17, 15) is 24.3 Å². The summed E-state index contributed by atoms with van der Waals surface area (Å²) in [4.78, 5) is 58.5. The Morgan fingerprint density at radius 3 is 1.36 bits per heavy atom. The highest BCUT2D eigenvalue weighted by atomic mass is 16.3. The third kappa shape index (κ3) is 3.60. The van der Waals surface area contributed by atoms with Crippen LogP contribution in [0.5, 0.6) is 0 Å².